The van der Waals surface area contributed by atoms with Crippen molar-refractivity contribution in [3.8, 4) is 0 Å². The Kier molecular flexibility index (Phi) is 5.34. The summed E-state index contributed by atoms with van der Waals surface area (Å²) in [6.07, 6.45) is 6.45. The predicted molar refractivity (Wildman–Crippen MR) is 96.8 cm³/mol. The molecule has 3 rings (SSSR count). The third kappa shape index (κ3) is 4.07. The maximum atomic E-state index is 12.6. The smallest absolute Gasteiger partial charge is 0.337 e. The largest absolute Gasteiger partial charge is 0.465 e. The molecule has 0 spiro atoms. The van der Waals surface area contributed by atoms with E-state index in [1.807, 2.05) is 0 Å². The zero-order chi connectivity index (χ0) is 18.9. The summed E-state index contributed by atoms with van der Waals surface area (Å²) in [7, 11) is -2.32. The van der Waals surface area contributed by atoms with Crippen molar-refractivity contribution in [1.29, 1.82) is 0 Å². The zero-order valence-corrected chi connectivity index (χ0v) is 15.8. The summed E-state index contributed by atoms with van der Waals surface area (Å²) in [5, 5.41) is 6.14. The van der Waals surface area contributed by atoms with Crippen molar-refractivity contribution < 1.29 is 22.7 Å². The SMILES string of the molecule is COC(=O)c1cc(NC(=O)C2CC3CCCCC3N2)cc(S(C)(=O)=O)c1. The molecule has 1 saturated heterocycles. The number of hydrogen-bond donors (Lipinski definition) is 2. The number of benzene rings is 1. The Morgan fingerprint density at radius 1 is 1.19 bits per heavy atom. The second-order valence-corrected chi connectivity index (χ2v) is 9.12. The molecule has 0 aromatic heterocycles. The molecule has 2 N–H and O–H groups in total. The Labute approximate surface area is 153 Å². The van der Waals surface area contributed by atoms with Gasteiger partial charge in [-0.3, -0.25) is 4.79 Å². The highest BCUT2D eigenvalue weighted by atomic mass is 32.2. The summed E-state index contributed by atoms with van der Waals surface area (Å²) in [6, 6.07) is 4.13. The first-order valence-electron chi connectivity index (χ1n) is 8.78. The van der Waals surface area contributed by atoms with Gasteiger partial charge in [-0.25, -0.2) is 13.2 Å². The normalized spacial score (nSPS) is 25.4. The van der Waals surface area contributed by atoms with E-state index in [1.54, 1.807) is 0 Å². The van der Waals surface area contributed by atoms with E-state index >= 15 is 0 Å². The lowest BCUT2D eigenvalue weighted by Crippen LogP contribution is -2.39. The highest BCUT2D eigenvalue weighted by Gasteiger charge is 2.38. The maximum absolute atomic E-state index is 12.6. The zero-order valence-electron chi connectivity index (χ0n) is 14.9. The van der Waals surface area contributed by atoms with Gasteiger partial charge in [0.15, 0.2) is 9.84 Å². The molecule has 1 aromatic carbocycles. The molecule has 1 aliphatic carbocycles. The van der Waals surface area contributed by atoms with Crippen LogP contribution in [0.4, 0.5) is 5.69 Å². The molecule has 0 bridgehead atoms. The molecule has 3 unspecified atom stereocenters. The number of carbonyl (C=O) groups is 2. The van der Waals surface area contributed by atoms with E-state index in [0.29, 0.717) is 12.0 Å². The maximum Gasteiger partial charge on any atom is 0.337 e. The second-order valence-electron chi connectivity index (χ2n) is 7.11. The summed E-state index contributed by atoms with van der Waals surface area (Å²) in [4.78, 5) is 24.4. The van der Waals surface area contributed by atoms with Gasteiger partial charge < -0.3 is 15.4 Å². The fourth-order valence-corrected chi connectivity index (χ4v) is 4.55. The first-order valence-corrected chi connectivity index (χ1v) is 10.7. The number of fused-ring (bicyclic) bond motifs is 1. The van der Waals surface area contributed by atoms with Gasteiger partial charge in [-0.05, 0) is 43.4 Å². The number of hydrogen-bond acceptors (Lipinski definition) is 6. The Morgan fingerprint density at radius 3 is 2.58 bits per heavy atom. The monoisotopic (exact) mass is 380 g/mol. The van der Waals surface area contributed by atoms with Crippen LogP contribution < -0.4 is 10.6 Å². The molecule has 26 heavy (non-hydrogen) atoms. The molecule has 8 heteroatoms. The summed E-state index contributed by atoms with van der Waals surface area (Å²) >= 11 is 0. The van der Waals surface area contributed by atoms with E-state index in [9.17, 15) is 18.0 Å². The predicted octanol–water partition coefficient (Wildman–Crippen LogP) is 1.74. The van der Waals surface area contributed by atoms with Crippen molar-refractivity contribution in [2.24, 2.45) is 5.92 Å². The van der Waals surface area contributed by atoms with E-state index in [1.165, 1.54) is 38.2 Å². The highest BCUT2D eigenvalue weighted by molar-refractivity contribution is 7.90. The van der Waals surface area contributed by atoms with E-state index < -0.39 is 15.8 Å². The molecule has 1 amide bonds. The Balaban J connectivity index is 1.80. The number of carbonyl (C=O) groups excluding carboxylic acids is 2. The van der Waals surface area contributed by atoms with Crippen molar-refractivity contribution in [2.45, 2.75) is 49.1 Å². The van der Waals surface area contributed by atoms with Crippen molar-refractivity contribution in [3.63, 3.8) is 0 Å². The molecule has 2 aliphatic rings. The van der Waals surface area contributed by atoms with Crippen molar-refractivity contribution in [3.05, 3.63) is 23.8 Å². The molecule has 0 radical (unpaired) electrons. The van der Waals surface area contributed by atoms with Gasteiger partial charge in [-0.2, -0.15) is 0 Å². The first-order chi connectivity index (χ1) is 12.3. The number of esters is 1. The van der Waals surface area contributed by atoms with Gasteiger partial charge in [0.25, 0.3) is 0 Å². The van der Waals surface area contributed by atoms with Crippen LogP contribution >= 0.6 is 0 Å². The molecule has 1 aliphatic heterocycles. The fraction of sp³-hybridized carbons (Fsp3) is 0.556. The summed E-state index contributed by atoms with van der Waals surface area (Å²) < 4.78 is 28.4. The van der Waals surface area contributed by atoms with Crippen LogP contribution in [0.1, 0.15) is 42.5 Å². The first kappa shape index (κ1) is 18.8. The van der Waals surface area contributed by atoms with Gasteiger partial charge in [0.1, 0.15) is 0 Å². The Morgan fingerprint density at radius 2 is 1.92 bits per heavy atom. The number of methoxy groups -OCH3 is 1. The minimum absolute atomic E-state index is 0.0382. The lowest BCUT2D eigenvalue weighted by molar-refractivity contribution is -0.117. The quantitative estimate of drug-likeness (QED) is 0.772. The molecule has 1 saturated carbocycles. The van der Waals surface area contributed by atoms with Gasteiger partial charge in [0, 0.05) is 18.0 Å². The van der Waals surface area contributed by atoms with Crippen molar-refractivity contribution >= 4 is 27.4 Å². The number of amides is 1. The number of sulfone groups is 1. The van der Waals surface area contributed by atoms with E-state index in [2.05, 4.69) is 15.4 Å². The van der Waals surface area contributed by atoms with E-state index in [4.69, 9.17) is 0 Å². The van der Waals surface area contributed by atoms with Crippen molar-refractivity contribution in [2.75, 3.05) is 18.7 Å². The van der Waals surface area contributed by atoms with Crippen LogP contribution in [0.2, 0.25) is 0 Å². The fourth-order valence-electron chi connectivity index (χ4n) is 3.87. The Bertz CT molecular complexity index is 807. The molecule has 7 nitrogen and oxygen atoms in total. The minimum Gasteiger partial charge on any atom is -0.465 e. The average Bonchev–Trinajstić information content (AvgIpc) is 3.04. The lowest BCUT2D eigenvalue weighted by atomic mass is 9.85. The summed E-state index contributed by atoms with van der Waals surface area (Å²) in [6.45, 7) is 0. The van der Waals surface area contributed by atoms with Gasteiger partial charge in [-0.1, -0.05) is 12.8 Å². The van der Waals surface area contributed by atoms with Gasteiger partial charge >= 0.3 is 5.97 Å². The molecular formula is C18H24N2O5S. The summed E-state index contributed by atoms with van der Waals surface area (Å²) in [5.74, 6) is -0.343. The van der Waals surface area contributed by atoms with Crippen molar-refractivity contribution in [1.82, 2.24) is 5.32 Å². The Hall–Kier alpha value is -1.93. The van der Waals surface area contributed by atoms with E-state index in [-0.39, 0.29) is 28.1 Å². The van der Waals surface area contributed by atoms with Crippen LogP contribution in [0.3, 0.4) is 0 Å². The van der Waals surface area contributed by atoms with Gasteiger partial charge in [0.05, 0.1) is 23.6 Å². The molecule has 1 aromatic rings. The third-order valence-corrected chi connectivity index (χ3v) is 6.29. The standard InChI is InChI=1S/C18H24N2O5S/c1-25-18(22)12-7-13(10-14(8-12)26(2,23)24)19-17(21)16-9-11-5-3-4-6-15(11)20-16/h7-8,10-11,15-16,20H,3-6,9H2,1-2H3,(H,19,21). The molecule has 3 atom stereocenters. The topological polar surface area (TPSA) is 102 Å². The number of anilines is 1. The highest BCUT2D eigenvalue weighted by Crippen LogP contribution is 2.33. The van der Waals surface area contributed by atoms with Crippen LogP contribution in [0, 0.1) is 5.92 Å². The van der Waals surface area contributed by atoms with Crippen LogP contribution in [-0.4, -0.2) is 45.7 Å². The number of rotatable bonds is 4. The average molecular weight is 380 g/mol. The van der Waals surface area contributed by atoms with Gasteiger partial charge in [-0.15, -0.1) is 0 Å². The van der Waals surface area contributed by atoms with E-state index in [0.717, 1.165) is 25.5 Å². The molecule has 2 fully saturated rings. The number of ether oxygens (including phenoxy) is 1. The van der Waals surface area contributed by atoms with Crippen LogP contribution in [0.5, 0.6) is 0 Å². The minimum atomic E-state index is -3.54. The molecular weight excluding hydrogens is 356 g/mol. The molecule has 1 heterocycles. The van der Waals surface area contributed by atoms with Gasteiger partial charge in [0.2, 0.25) is 5.91 Å². The third-order valence-electron chi connectivity index (χ3n) is 5.20. The second kappa shape index (κ2) is 7.36. The number of nitrogens with one attached hydrogen (secondary N) is 2. The van der Waals surface area contributed by atoms with Crippen LogP contribution in [0.15, 0.2) is 23.1 Å². The molecule has 142 valence electrons. The van der Waals surface area contributed by atoms with Crippen LogP contribution in [-0.2, 0) is 19.4 Å². The lowest BCUT2D eigenvalue weighted by Gasteiger charge is -2.24. The van der Waals surface area contributed by atoms with Crippen LogP contribution in [0.25, 0.3) is 0 Å². The summed E-state index contributed by atoms with van der Waals surface area (Å²) in [5.41, 5.74) is 0.355.